The molecule has 0 radical (unpaired) electrons. The van der Waals surface area contributed by atoms with Crippen LogP contribution in [0, 0.1) is 12.1 Å². The van der Waals surface area contributed by atoms with Gasteiger partial charge in [-0.1, -0.05) is 18.2 Å². The number of carboxylic acid groups (broad SMARTS) is 1. The molecular weight excluding hydrogens is 352 g/mol. The van der Waals surface area contributed by atoms with Crippen LogP contribution in [0.25, 0.3) is 10.8 Å². The lowest BCUT2D eigenvalue weighted by Gasteiger charge is -2.13. The second-order valence-corrected chi connectivity index (χ2v) is 5.78. The average Bonchev–Trinajstić information content (AvgIpc) is 2.65. The largest absolute Gasteiger partial charge is 0.618 e. The molecule has 0 spiro atoms. The number of aryl methyl sites for hydroxylation is 1. The minimum absolute atomic E-state index is 0.168. The Balaban J connectivity index is 2.03. The van der Waals surface area contributed by atoms with E-state index < -0.39 is 29.9 Å². The highest BCUT2D eigenvalue weighted by Crippen LogP contribution is 2.32. The predicted octanol–water partition coefficient (Wildman–Crippen LogP) is 2.09. The standard InChI is InChI=1S/C19H16N2O6/c1-11-15-9-13(27-12-5-3-2-4-6-12)7-8-14(15)18(24)17(21(11)26)19(25)20-10-16(22)23/h2-9,24H,10H2,1H3,(H,20,25)(H,22,23). The summed E-state index contributed by atoms with van der Waals surface area (Å²) in [6.45, 7) is 0.828. The summed E-state index contributed by atoms with van der Waals surface area (Å²) in [5.41, 5.74) is -0.389. The van der Waals surface area contributed by atoms with E-state index >= 15 is 0 Å². The molecule has 0 saturated carbocycles. The molecule has 1 aromatic heterocycles. The number of rotatable bonds is 5. The fourth-order valence-electron chi connectivity index (χ4n) is 2.66. The van der Waals surface area contributed by atoms with Crippen LogP contribution in [0.15, 0.2) is 48.5 Å². The number of nitrogens with one attached hydrogen (secondary N) is 1. The number of pyridine rings is 1. The Morgan fingerprint density at radius 3 is 2.48 bits per heavy atom. The van der Waals surface area contributed by atoms with Gasteiger partial charge in [0.05, 0.1) is 5.39 Å². The van der Waals surface area contributed by atoms with Crippen LogP contribution in [0.2, 0.25) is 0 Å². The van der Waals surface area contributed by atoms with E-state index in [2.05, 4.69) is 5.32 Å². The quantitative estimate of drug-likeness (QED) is 0.468. The van der Waals surface area contributed by atoms with Crippen molar-refractivity contribution in [3.63, 3.8) is 0 Å². The van der Waals surface area contributed by atoms with Crippen molar-refractivity contribution in [2.24, 2.45) is 0 Å². The Morgan fingerprint density at radius 1 is 1.11 bits per heavy atom. The number of para-hydroxylation sites is 1. The Hall–Kier alpha value is -3.81. The SMILES string of the molecule is Cc1c2cc(Oc3ccccc3)ccc2c(O)c(C(=O)NCC(=O)O)[n+]1[O-]. The van der Waals surface area contributed by atoms with E-state index in [0.29, 0.717) is 16.9 Å². The van der Waals surface area contributed by atoms with Crippen LogP contribution in [-0.4, -0.2) is 28.6 Å². The highest BCUT2D eigenvalue weighted by molar-refractivity contribution is 6.01. The lowest BCUT2D eigenvalue weighted by atomic mass is 10.1. The van der Waals surface area contributed by atoms with Gasteiger partial charge in [0, 0.05) is 12.3 Å². The zero-order valence-electron chi connectivity index (χ0n) is 14.3. The molecular formula is C19H16N2O6. The number of hydrogen-bond acceptors (Lipinski definition) is 5. The summed E-state index contributed by atoms with van der Waals surface area (Å²) in [4.78, 5) is 22.7. The van der Waals surface area contributed by atoms with E-state index in [1.807, 2.05) is 18.2 Å². The predicted molar refractivity (Wildman–Crippen MR) is 95.8 cm³/mol. The first-order valence-corrected chi connectivity index (χ1v) is 8.00. The minimum atomic E-state index is -1.26. The molecule has 0 unspecified atom stereocenters. The van der Waals surface area contributed by atoms with E-state index in [-0.39, 0.29) is 15.8 Å². The van der Waals surface area contributed by atoms with E-state index in [1.165, 1.54) is 13.0 Å². The first-order valence-electron chi connectivity index (χ1n) is 8.00. The normalized spacial score (nSPS) is 10.6. The third-order valence-corrected chi connectivity index (χ3v) is 3.96. The van der Waals surface area contributed by atoms with Gasteiger partial charge in [-0.3, -0.25) is 9.59 Å². The van der Waals surface area contributed by atoms with Crippen molar-refractivity contribution in [3.8, 4) is 17.2 Å². The molecule has 0 fully saturated rings. The smallest absolute Gasteiger partial charge is 0.324 e. The zero-order valence-corrected chi connectivity index (χ0v) is 14.3. The molecule has 0 bridgehead atoms. The van der Waals surface area contributed by atoms with Gasteiger partial charge in [0.1, 0.15) is 18.0 Å². The van der Waals surface area contributed by atoms with E-state index in [1.54, 1.807) is 24.3 Å². The van der Waals surface area contributed by atoms with Gasteiger partial charge in [-0.05, 0) is 30.3 Å². The average molecular weight is 368 g/mol. The van der Waals surface area contributed by atoms with Crippen molar-refractivity contribution < 1.29 is 29.3 Å². The second kappa shape index (κ2) is 7.20. The summed E-state index contributed by atoms with van der Waals surface area (Å²) >= 11 is 0. The summed E-state index contributed by atoms with van der Waals surface area (Å²) in [7, 11) is 0. The lowest BCUT2D eigenvalue weighted by Crippen LogP contribution is -2.43. The number of benzene rings is 2. The maximum Gasteiger partial charge on any atom is 0.324 e. The monoisotopic (exact) mass is 368 g/mol. The molecule has 0 saturated heterocycles. The van der Waals surface area contributed by atoms with Gasteiger partial charge < -0.3 is 25.5 Å². The van der Waals surface area contributed by atoms with E-state index in [4.69, 9.17) is 9.84 Å². The maximum absolute atomic E-state index is 12.5. The summed E-state index contributed by atoms with van der Waals surface area (Å²) in [5.74, 6) is -1.70. The number of aromatic nitrogens is 1. The van der Waals surface area contributed by atoms with E-state index in [9.17, 15) is 19.9 Å². The Labute approximate surface area is 153 Å². The third kappa shape index (κ3) is 3.59. The van der Waals surface area contributed by atoms with Crippen molar-refractivity contribution in [3.05, 3.63) is 65.1 Å². The maximum atomic E-state index is 12.5. The number of hydrogen-bond donors (Lipinski definition) is 3. The Bertz CT molecular complexity index is 1030. The molecule has 8 nitrogen and oxygen atoms in total. The Kier molecular flexibility index (Phi) is 4.80. The molecule has 1 amide bonds. The van der Waals surface area contributed by atoms with Crippen LogP contribution >= 0.6 is 0 Å². The number of fused-ring (bicyclic) bond motifs is 1. The summed E-state index contributed by atoms with van der Waals surface area (Å²) in [6.07, 6.45) is 0. The van der Waals surface area contributed by atoms with Crippen LogP contribution in [-0.2, 0) is 4.79 Å². The van der Waals surface area contributed by atoms with Gasteiger partial charge >= 0.3 is 17.6 Å². The number of amides is 1. The molecule has 2 aromatic carbocycles. The summed E-state index contributed by atoms with van der Waals surface area (Å²) < 4.78 is 6.01. The van der Waals surface area contributed by atoms with Gasteiger partial charge in [0.25, 0.3) is 0 Å². The highest BCUT2D eigenvalue weighted by atomic mass is 16.5. The molecule has 0 aliphatic carbocycles. The van der Waals surface area contributed by atoms with Crippen LogP contribution in [0.1, 0.15) is 16.2 Å². The van der Waals surface area contributed by atoms with Crippen LogP contribution in [0.4, 0.5) is 0 Å². The summed E-state index contributed by atoms with van der Waals surface area (Å²) in [6, 6.07) is 13.8. The zero-order chi connectivity index (χ0) is 19.6. The number of carboxylic acids is 1. The van der Waals surface area contributed by atoms with E-state index in [0.717, 1.165) is 0 Å². The molecule has 3 rings (SSSR count). The Morgan fingerprint density at radius 2 is 1.81 bits per heavy atom. The van der Waals surface area contributed by atoms with Crippen molar-refractivity contribution in [2.45, 2.75) is 6.92 Å². The second-order valence-electron chi connectivity index (χ2n) is 5.78. The molecule has 3 N–H and O–H groups in total. The highest BCUT2D eigenvalue weighted by Gasteiger charge is 2.28. The van der Waals surface area contributed by atoms with Gasteiger partial charge in [0.15, 0.2) is 5.69 Å². The van der Waals surface area contributed by atoms with Crippen molar-refractivity contribution in [2.75, 3.05) is 6.54 Å². The van der Waals surface area contributed by atoms with Crippen molar-refractivity contribution in [1.29, 1.82) is 0 Å². The topological polar surface area (TPSA) is 123 Å². The minimum Gasteiger partial charge on any atom is -0.618 e. The molecule has 138 valence electrons. The first kappa shape index (κ1) is 18.0. The van der Waals surface area contributed by atoms with Gasteiger partial charge in [0.2, 0.25) is 5.75 Å². The molecule has 27 heavy (non-hydrogen) atoms. The fourth-order valence-corrected chi connectivity index (χ4v) is 2.66. The van der Waals surface area contributed by atoms with Gasteiger partial charge in [-0.15, -0.1) is 0 Å². The molecule has 1 heterocycles. The molecule has 8 heteroatoms. The molecule has 0 atom stereocenters. The van der Waals surface area contributed by atoms with Crippen LogP contribution in [0.3, 0.4) is 0 Å². The number of nitrogens with zero attached hydrogens (tertiary/aromatic N) is 1. The van der Waals surface area contributed by atoms with Crippen molar-refractivity contribution in [1.82, 2.24) is 5.32 Å². The van der Waals surface area contributed by atoms with Crippen LogP contribution < -0.4 is 14.8 Å². The van der Waals surface area contributed by atoms with Crippen LogP contribution in [0.5, 0.6) is 17.2 Å². The molecule has 0 aliphatic rings. The van der Waals surface area contributed by atoms with Gasteiger partial charge in [-0.25, -0.2) is 0 Å². The lowest BCUT2D eigenvalue weighted by molar-refractivity contribution is -0.613. The third-order valence-electron chi connectivity index (χ3n) is 3.96. The number of aromatic hydroxyl groups is 1. The summed E-state index contributed by atoms with van der Waals surface area (Å²) in [5, 5.41) is 34.3. The number of carbonyl (C=O) groups excluding carboxylic acids is 1. The number of ether oxygens (including phenoxy) is 1. The van der Waals surface area contributed by atoms with Gasteiger partial charge in [-0.2, -0.15) is 4.73 Å². The molecule has 3 aromatic rings. The first-order chi connectivity index (χ1) is 12.9. The number of aliphatic carboxylic acids is 1. The fraction of sp³-hybridized carbons (Fsp3) is 0.105. The van der Waals surface area contributed by atoms with Crippen molar-refractivity contribution >= 4 is 22.6 Å². The number of carbonyl (C=O) groups is 2. The molecule has 0 aliphatic heterocycles.